The number of hydrogen-bond donors (Lipinski definition) is 1. The molecule has 0 spiro atoms. The molecule has 0 saturated carbocycles. The van der Waals surface area contributed by atoms with Crippen LogP contribution in [-0.4, -0.2) is 18.4 Å². The molecule has 5 nitrogen and oxygen atoms in total. The van der Waals surface area contributed by atoms with E-state index in [2.05, 4.69) is 5.32 Å². The van der Waals surface area contributed by atoms with Crippen LogP contribution in [0.25, 0.3) is 5.57 Å². The van der Waals surface area contributed by atoms with E-state index in [-0.39, 0.29) is 5.70 Å². The number of nitrogens with one attached hydrogen (secondary N) is 1. The van der Waals surface area contributed by atoms with Gasteiger partial charge in [-0.05, 0) is 55.7 Å². The highest BCUT2D eigenvalue weighted by Gasteiger charge is 2.40. The van der Waals surface area contributed by atoms with Crippen LogP contribution in [0.4, 0.5) is 11.4 Å². The lowest BCUT2D eigenvalue weighted by Gasteiger charge is -2.16. The highest BCUT2D eigenvalue weighted by Crippen LogP contribution is 2.35. The molecule has 0 aliphatic carbocycles. The van der Waals surface area contributed by atoms with E-state index in [1.54, 1.807) is 18.2 Å². The van der Waals surface area contributed by atoms with Crippen molar-refractivity contribution in [2.45, 2.75) is 27.2 Å². The minimum atomic E-state index is -0.435. The molecule has 1 heterocycles. The van der Waals surface area contributed by atoms with Gasteiger partial charge in [-0.2, -0.15) is 0 Å². The first-order valence-electron chi connectivity index (χ1n) is 10.8. The van der Waals surface area contributed by atoms with Gasteiger partial charge in [0, 0.05) is 16.8 Å². The SMILES string of the molecule is CCCOc1cccc(NC2=C(c3ccc(C)cc3)C(=O)N(c3ccc(C)c(Cl)c3)C2=O)c1. The summed E-state index contributed by atoms with van der Waals surface area (Å²) in [7, 11) is 0. The summed E-state index contributed by atoms with van der Waals surface area (Å²) < 4.78 is 5.71. The number of anilines is 2. The second kappa shape index (κ2) is 9.51. The molecular weight excluding hydrogens is 436 g/mol. The first kappa shape index (κ1) is 22.6. The Hall–Kier alpha value is -3.57. The molecule has 1 aliphatic rings. The fourth-order valence-electron chi connectivity index (χ4n) is 3.62. The van der Waals surface area contributed by atoms with Crippen LogP contribution in [0.2, 0.25) is 5.02 Å². The van der Waals surface area contributed by atoms with Crippen LogP contribution in [0.1, 0.15) is 30.0 Å². The number of ether oxygens (including phenoxy) is 1. The van der Waals surface area contributed by atoms with Crippen molar-refractivity contribution < 1.29 is 14.3 Å². The Labute approximate surface area is 198 Å². The smallest absolute Gasteiger partial charge is 0.282 e. The third-order valence-electron chi connectivity index (χ3n) is 5.41. The van der Waals surface area contributed by atoms with E-state index < -0.39 is 11.8 Å². The minimum absolute atomic E-state index is 0.216. The van der Waals surface area contributed by atoms with Crippen LogP contribution in [0, 0.1) is 13.8 Å². The highest BCUT2D eigenvalue weighted by atomic mass is 35.5. The van der Waals surface area contributed by atoms with Crippen LogP contribution in [0.15, 0.2) is 72.4 Å². The first-order chi connectivity index (χ1) is 15.9. The Kier molecular flexibility index (Phi) is 6.52. The maximum Gasteiger partial charge on any atom is 0.282 e. The van der Waals surface area contributed by atoms with Crippen LogP contribution in [0.3, 0.4) is 0 Å². The van der Waals surface area contributed by atoms with Gasteiger partial charge in [0.2, 0.25) is 0 Å². The number of carbonyl (C=O) groups excluding carboxylic acids is 2. The first-order valence-corrected chi connectivity index (χ1v) is 11.2. The van der Waals surface area contributed by atoms with Gasteiger partial charge >= 0.3 is 0 Å². The van der Waals surface area contributed by atoms with Gasteiger partial charge < -0.3 is 10.1 Å². The van der Waals surface area contributed by atoms with Gasteiger partial charge in [-0.25, -0.2) is 4.90 Å². The Morgan fingerprint density at radius 2 is 1.70 bits per heavy atom. The number of benzene rings is 3. The average Bonchev–Trinajstić information content (AvgIpc) is 3.04. The predicted molar refractivity (Wildman–Crippen MR) is 133 cm³/mol. The van der Waals surface area contributed by atoms with Crippen LogP contribution in [0.5, 0.6) is 5.75 Å². The lowest BCUT2D eigenvalue weighted by molar-refractivity contribution is -0.120. The van der Waals surface area contributed by atoms with E-state index in [1.807, 2.05) is 69.3 Å². The van der Waals surface area contributed by atoms with Crippen molar-refractivity contribution >= 4 is 40.4 Å². The van der Waals surface area contributed by atoms with Crippen molar-refractivity contribution in [3.05, 3.63) is 94.1 Å². The number of halogens is 1. The molecule has 0 bridgehead atoms. The van der Waals surface area contributed by atoms with Gasteiger partial charge in [0.1, 0.15) is 11.4 Å². The Morgan fingerprint density at radius 3 is 2.39 bits per heavy atom. The van der Waals surface area contributed by atoms with Gasteiger partial charge in [-0.15, -0.1) is 0 Å². The molecule has 3 aromatic rings. The molecule has 1 aliphatic heterocycles. The lowest BCUT2D eigenvalue weighted by atomic mass is 10.0. The van der Waals surface area contributed by atoms with Crippen molar-refractivity contribution in [1.82, 2.24) is 0 Å². The lowest BCUT2D eigenvalue weighted by Crippen LogP contribution is -2.32. The minimum Gasteiger partial charge on any atom is -0.494 e. The van der Waals surface area contributed by atoms with Gasteiger partial charge in [-0.1, -0.05) is 60.5 Å². The maximum absolute atomic E-state index is 13.5. The standard InChI is InChI=1S/C27H25ClN2O3/c1-4-14-33-22-7-5-6-20(15-22)29-25-24(19-11-8-17(2)9-12-19)26(31)30(27(25)32)21-13-10-18(3)23(28)16-21/h5-13,15-16,29H,4,14H2,1-3H3. The molecular formula is C27H25ClN2O3. The van der Waals surface area contributed by atoms with E-state index in [4.69, 9.17) is 16.3 Å². The van der Waals surface area contributed by atoms with Crippen LogP contribution >= 0.6 is 11.6 Å². The molecule has 0 saturated heterocycles. The van der Waals surface area contributed by atoms with E-state index >= 15 is 0 Å². The molecule has 3 aromatic carbocycles. The maximum atomic E-state index is 13.5. The molecule has 1 N–H and O–H groups in total. The van der Waals surface area contributed by atoms with Gasteiger partial charge in [0.05, 0.1) is 17.9 Å². The Bertz CT molecular complexity index is 1250. The van der Waals surface area contributed by atoms with Crippen molar-refractivity contribution in [3.8, 4) is 5.75 Å². The number of imide groups is 1. The topological polar surface area (TPSA) is 58.6 Å². The monoisotopic (exact) mass is 460 g/mol. The zero-order chi connectivity index (χ0) is 23.5. The molecule has 168 valence electrons. The second-order valence-corrected chi connectivity index (χ2v) is 8.40. The number of hydrogen-bond acceptors (Lipinski definition) is 4. The van der Waals surface area contributed by atoms with E-state index in [1.165, 1.54) is 4.90 Å². The van der Waals surface area contributed by atoms with E-state index in [0.717, 1.165) is 17.5 Å². The highest BCUT2D eigenvalue weighted by molar-refractivity contribution is 6.46. The number of rotatable bonds is 7. The van der Waals surface area contributed by atoms with Crippen LogP contribution < -0.4 is 15.0 Å². The summed E-state index contributed by atoms with van der Waals surface area (Å²) in [6, 6.07) is 20.1. The third-order valence-corrected chi connectivity index (χ3v) is 5.82. The quantitative estimate of drug-likeness (QED) is 0.430. The fourth-order valence-corrected chi connectivity index (χ4v) is 3.79. The number of nitrogens with zero attached hydrogens (tertiary/aromatic N) is 1. The summed E-state index contributed by atoms with van der Waals surface area (Å²) >= 11 is 6.29. The summed E-state index contributed by atoms with van der Waals surface area (Å²) in [6.07, 6.45) is 0.890. The molecule has 33 heavy (non-hydrogen) atoms. The van der Waals surface area contributed by atoms with Gasteiger partial charge in [0.15, 0.2) is 0 Å². The summed E-state index contributed by atoms with van der Waals surface area (Å²) in [5.74, 6) is -0.140. The molecule has 0 aromatic heterocycles. The normalized spacial score (nSPS) is 13.6. The molecule has 0 unspecified atom stereocenters. The number of carbonyl (C=O) groups is 2. The molecule has 4 rings (SSSR count). The van der Waals surface area contributed by atoms with E-state index in [0.29, 0.717) is 39.9 Å². The number of aryl methyl sites for hydroxylation is 2. The van der Waals surface area contributed by atoms with Crippen LogP contribution in [-0.2, 0) is 9.59 Å². The molecule has 2 amide bonds. The van der Waals surface area contributed by atoms with Crippen molar-refractivity contribution in [3.63, 3.8) is 0 Å². The summed E-state index contributed by atoms with van der Waals surface area (Å²) in [4.78, 5) is 28.2. The van der Waals surface area contributed by atoms with Gasteiger partial charge in [-0.3, -0.25) is 9.59 Å². The van der Waals surface area contributed by atoms with Crippen molar-refractivity contribution in [2.24, 2.45) is 0 Å². The zero-order valence-electron chi connectivity index (χ0n) is 18.8. The average molecular weight is 461 g/mol. The largest absolute Gasteiger partial charge is 0.494 e. The zero-order valence-corrected chi connectivity index (χ0v) is 19.6. The molecule has 0 fully saturated rings. The molecule has 0 radical (unpaired) electrons. The number of amides is 2. The van der Waals surface area contributed by atoms with Crippen molar-refractivity contribution in [1.29, 1.82) is 0 Å². The van der Waals surface area contributed by atoms with Gasteiger partial charge in [0.25, 0.3) is 11.8 Å². The Morgan fingerprint density at radius 1 is 0.939 bits per heavy atom. The van der Waals surface area contributed by atoms with E-state index in [9.17, 15) is 9.59 Å². The second-order valence-electron chi connectivity index (χ2n) is 8.00. The summed E-state index contributed by atoms with van der Waals surface area (Å²) in [6.45, 7) is 6.48. The predicted octanol–water partition coefficient (Wildman–Crippen LogP) is 6.14. The molecule has 0 atom stereocenters. The molecule has 6 heteroatoms. The van der Waals surface area contributed by atoms with Crippen molar-refractivity contribution in [2.75, 3.05) is 16.8 Å². The summed E-state index contributed by atoms with van der Waals surface area (Å²) in [5, 5.41) is 3.67. The third kappa shape index (κ3) is 4.64. The summed E-state index contributed by atoms with van der Waals surface area (Å²) in [5.41, 5.74) is 4.22. The Balaban J connectivity index is 1.77. The fraction of sp³-hybridized carbons (Fsp3) is 0.185.